The van der Waals surface area contributed by atoms with Crippen molar-refractivity contribution in [2.75, 3.05) is 0 Å². The molecule has 1 aromatic carbocycles. The SMILES string of the molecule is CCc1ccccc1C(=O)NC(C(=O)O)C(C)O. The maximum atomic E-state index is 12.0. The van der Waals surface area contributed by atoms with Crippen molar-refractivity contribution in [3.63, 3.8) is 0 Å². The first-order valence-corrected chi connectivity index (χ1v) is 5.77. The number of benzene rings is 1. The summed E-state index contributed by atoms with van der Waals surface area (Å²) < 4.78 is 0. The van der Waals surface area contributed by atoms with Gasteiger partial charge in [0.2, 0.25) is 0 Å². The number of carboxylic acid groups (broad SMARTS) is 1. The number of hydrogen-bond donors (Lipinski definition) is 3. The smallest absolute Gasteiger partial charge is 0.328 e. The first-order valence-electron chi connectivity index (χ1n) is 5.77. The molecule has 1 amide bonds. The third-order valence-electron chi connectivity index (χ3n) is 2.68. The van der Waals surface area contributed by atoms with Crippen LogP contribution in [0.15, 0.2) is 24.3 Å². The van der Waals surface area contributed by atoms with Crippen LogP contribution in [0.3, 0.4) is 0 Å². The van der Waals surface area contributed by atoms with Crippen molar-refractivity contribution in [2.24, 2.45) is 0 Å². The van der Waals surface area contributed by atoms with Crippen molar-refractivity contribution in [3.05, 3.63) is 35.4 Å². The first kappa shape index (κ1) is 14.2. The van der Waals surface area contributed by atoms with Crippen LogP contribution >= 0.6 is 0 Å². The molecule has 18 heavy (non-hydrogen) atoms. The predicted molar refractivity (Wildman–Crippen MR) is 66.4 cm³/mol. The van der Waals surface area contributed by atoms with Crippen LogP contribution in [0.25, 0.3) is 0 Å². The summed E-state index contributed by atoms with van der Waals surface area (Å²) in [4.78, 5) is 22.8. The van der Waals surface area contributed by atoms with E-state index in [4.69, 9.17) is 5.11 Å². The third kappa shape index (κ3) is 3.30. The average molecular weight is 251 g/mol. The summed E-state index contributed by atoms with van der Waals surface area (Å²) in [6, 6.07) is 5.68. The topological polar surface area (TPSA) is 86.6 Å². The normalized spacial score (nSPS) is 13.7. The molecule has 5 nitrogen and oxygen atoms in total. The minimum absolute atomic E-state index is 0.437. The number of carbonyl (C=O) groups excluding carboxylic acids is 1. The molecule has 3 N–H and O–H groups in total. The van der Waals surface area contributed by atoms with E-state index >= 15 is 0 Å². The largest absolute Gasteiger partial charge is 0.480 e. The summed E-state index contributed by atoms with van der Waals surface area (Å²) >= 11 is 0. The van der Waals surface area contributed by atoms with Crippen LogP contribution in [0.4, 0.5) is 0 Å². The number of hydrogen-bond acceptors (Lipinski definition) is 3. The maximum absolute atomic E-state index is 12.0. The molecule has 0 radical (unpaired) electrons. The molecule has 98 valence electrons. The predicted octanol–water partition coefficient (Wildman–Crippen LogP) is 0.813. The van der Waals surface area contributed by atoms with E-state index in [9.17, 15) is 14.7 Å². The van der Waals surface area contributed by atoms with E-state index < -0.39 is 24.0 Å². The Labute approximate surface area is 105 Å². The van der Waals surface area contributed by atoms with Crippen LogP contribution in [-0.4, -0.2) is 34.2 Å². The van der Waals surface area contributed by atoms with Crippen LogP contribution in [-0.2, 0) is 11.2 Å². The Morgan fingerprint density at radius 2 is 1.94 bits per heavy atom. The van der Waals surface area contributed by atoms with Gasteiger partial charge in [-0.05, 0) is 25.0 Å². The Kier molecular flexibility index (Phi) is 4.85. The van der Waals surface area contributed by atoms with Crippen molar-refractivity contribution >= 4 is 11.9 Å². The Morgan fingerprint density at radius 3 is 2.44 bits per heavy atom. The number of amides is 1. The van der Waals surface area contributed by atoms with Gasteiger partial charge in [0.05, 0.1) is 6.10 Å². The quantitative estimate of drug-likeness (QED) is 0.723. The molecule has 0 fully saturated rings. The monoisotopic (exact) mass is 251 g/mol. The highest BCUT2D eigenvalue weighted by atomic mass is 16.4. The fourth-order valence-corrected chi connectivity index (χ4v) is 1.66. The van der Waals surface area contributed by atoms with Crippen LogP contribution < -0.4 is 5.32 Å². The van der Waals surface area contributed by atoms with Gasteiger partial charge < -0.3 is 15.5 Å². The minimum atomic E-state index is -1.30. The lowest BCUT2D eigenvalue weighted by atomic mass is 10.0. The molecule has 0 saturated heterocycles. The van der Waals surface area contributed by atoms with Crippen molar-refractivity contribution in [1.82, 2.24) is 5.32 Å². The Bertz CT molecular complexity index is 442. The van der Waals surface area contributed by atoms with Crippen LogP contribution in [0, 0.1) is 0 Å². The highest BCUT2D eigenvalue weighted by Crippen LogP contribution is 2.10. The Hall–Kier alpha value is -1.88. The first-order chi connectivity index (χ1) is 8.47. The van der Waals surface area contributed by atoms with Gasteiger partial charge in [-0.25, -0.2) is 4.79 Å². The fourth-order valence-electron chi connectivity index (χ4n) is 1.66. The summed E-state index contributed by atoms with van der Waals surface area (Å²) in [7, 11) is 0. The molecule has 0 bridgehead atoms. The summed E-state index contributed by atoms with van der Waals surface area (Å²) in [5, 5.41) is 20.5. The number of carbonyl (C=O) groups is 2. The van der Waals surface area contributed by atoms with Gasteiger partial charge in [-0.15, -0.1) is 0 Å². The maximum Gasteiger partial charge on any atom is 0.328 e. The summed E-state index contributed by atoms with van der Waals surface area (Å²) in [5.41, 5.74) is 1.27. The van der Waals surface area contributed by atoms with Crippen molar-refractivity contribution in [2.45, 2.75) is 32.4 Å². The standard InChI is InChI=1S/C13H17NO4/c1-3-9-6-4-5-7-10(9)12(16)14-11(8(2)15)13(17)18/h4-8,11,15H,3H2,1-2H3,(H,14,16)(H,17,18). The van der Waals surface area contributed by atoms with Gasteiger partial charge in [0, 0.05) is 5.56 Å². The van der Waals surface area contributed by atoms with Crippen molar-refractivity contribution in [3.8, 4) is 0 Å². The fraction of sp³-hybridized carbons (Fsp3) is 0.385. The van der Waals surface area contributed by atoms with Crippen LogP contribution in [0.1, 0.15) is 29.8 Å². The molecule has 0 saturated carbocycles. The lowest BCUT2D eigenvalue weighted by molar-refractivity contribution is -0.141. The molecule has 2 atom stereocenters. The van der Waals surface area contributed by atoms with E-state index in [1.807, 2.05) is 19.1 Å². The molecule has 0 heterocycles. The third-order valence-corrected chi connectivity index (χ3v) is 2.68. The van der Waals surface area contributed by atoms with Gasteiger partial charge in [-0.3, -0.25) is 4.79 Å². The van der Waals surface area contributed by atoms with Gasteiger partial charge in [0.25, 0.3) is 5.91 Å². The lowest BCUT2D eigenvalue weighted by Crippen LogP contribution is -2.47. The Balaban J connectivity index is 2.90. The Morgan fingerprint density at radius 1 is 1.33 bits per heavy atom. The summed E-state index contributed by atoms with van der Waals surface area (Å²) in [5.74, 6) is -1.74. The second kappa shape index (κ2) is 6.16. The second-order valence-corrected chi connectivity index (χ2v) is 4.04. The number of carboxylic acids is 1. The van der Waals surface area contributed by atoms with Gasteiger partial charge in [-0.1, -0.05) is 25.1 Å². The number of aliphatic hydroxyl groups excluding tert-OH is 1. The summed E-state index contributed by atoms with van der Waals surface area (Å²) in [6.07, 6.45) is -0.476. The minimum Gasteiger partial charge on any atom is -0.480 e. The summed E-state index contributed by atoms with van der Waals surface area (Å²) in [6.45, 7) is 3.24. The molecule has 0 aliphatic heterocycles. The van der Waals surface area contributed by atoms with Crippen molar-refractivity contribution in [1.29, 1.82) is 0 Å². The molecule has 0 aromatic heterocycles. The number of nitrogens with one attached hydrogen (secondary N) is 1. The van der Waals surface area contributed by atoms with E-state index in [0.29, 0.717) is 12.0 Å². The molecule has 0 aliphatic carbocycles. The molecule has 1 aromatic rings. The van der Waals surface area contributed by atoms with Crippen molar-refractivity contribution < 1.29 is 19.8 Å². The molecule has 5 heteroatoms. The zero-order valence-corrected chi connectivity index (χ0v) is 10.4. The number of rotatable bonds is 5. The molecule has 0 spiro atoms. The van der Waals surface area contributed by atoms with E-state index in [-0.39, 0.29) is 0 Å². The molecule has 1 rings (SSSR count). The molecular weight excluding hydrogens is 234 g/mol. The van der Waals surface area contributed by atoms with E-state index in [1.165, 1.54) is 6.92 Å². The van der Waals surface area contributed by atoms with E-state index in [0.717, 1.165) is 5.56 Å². The number of aryl methyl sites for hydroxylation is 1. The van der Waals surface area contributed by atoms with Crippen LogP contribution in [0.5, 0.6) is 0 Å². The number of aliphatic carboxylic acids is 1. The van der Waals surface area contributed by atoms with Gasteiger partial charge >= 0.3 is 5.97 Å². The number of aliphatic hydroxyl groups is 1. The molecule has 0 aliphatic rings. The van der Waals surface area contributed by atoms with Crippen LogP contribution in [0.2, 0.25) is 0 Å². The van der Waals surface area contributed by atoms with Gasteiger partial charge in [0.1, 0.15) is 0 Å². The highest BCUT2D eigenvalue weighted by Gasteiger charge is 2.25. The van der Waals surface area contributed by atoms with E-state index in [2.05, 4.69) is 5.32 Å². The zero-order valence-electron chi connectivity index (χ0n) is 10.4. The highest BCUT2D eigenvalue weighted by molar-refractivity contribution is 5.97. The van der Waals surface area contributed by atoms with Gasteiger partial charge in [0.15, 0.2) is 6.04 Å². The van der Waals surface area contributed by atoms with Gasteiger partial charge in [-0.2, -0.15) is 0 Å². The second-order valence-electron chi connectivity index (χ2n) is 4.04. The molecular formula is C13H17NO4. The zero-order chi connectivity index (χ0) is 13.7. The average Bonchev–Trinajstić information content (AvgIpc) is 2.34. The molecule has 2 unspecified atom stereocenters. The lowest BCUT2D eigenvalue weighted by Gasteiger charge is -2.17. The van der Waals surface area contributed by atoms with E-state index in [1.54, 1.807) is 12.1 Å².